The van der Waals surface area contributed by atoms with Crippen LogP contribution in [0.4, 0.5) is 16.2 Å². The molecule has 3 aromatic rings. The first kappa shape index (κ1) is 15.3. The van der Waals surface area contributed by atoms with Crippen molar-refractivity contribution in [2.75, 3.05) is 10.6 Å². The van der Waals surface area contributed by atoms with E-state index in [0.717, 1.165) is 5.56 Å². The number of nitrogens with two attached hydrogens (primary N) is 1. The van der Waals surface area contributed by atoms with Crippen LogP contribution in [0.3, 0.4) is 0 Å². The SMILES string of the molecule is NC(=O)Nc1cccc(NC(=O)c2cc(-c3ccccc3)no2)c1. The number of nitrogens with zero attached hydrogens (tertiary/aromatic N) is 1. The van der Waals surface area contributed by atoms with Crippen molar-refractivity contribution in [3.8, 4) is 11.3 Å². The third kappa shape index (κ3) is 3.58. The summed E-state index contributed by atoms with van der Waals surface area (Å²) in [7, 11) is 0. The maximum Gasteiger partial charge on any atom is 0.316 e. The molecule has 0 aliphatic carbocycles. The molecule has 1 heterocycles. The summed E-state index contributed by atoms with van der Waals surface area (Å²) in [5.41, 5.74) is 7.46. The quantitative estimate of drug-likeness (QED) is 0.685. The second-order valence-electron chi connectivity index (χ2n) is 4.97. The summed E-state index contributed by atoms with van der Waals surface area (Å²) in [6, 6.07) is 16.9. The molecule has 7 nitrogen and oxygen atoms in total. The molecule has 4 N–H and O–H groups in total. The number of anilines is 2. The molecule has 1 aromatic heterocycles. The van der Waals surface area contributed by atoms with Gasteiger partial charge in [-0.05, 0) is 18.2 Å². The number of urea groups is 1. The molecule has 0 fully saturated rings. The summed E-state index contributed by atoms with van der Waals surface area (Å²) in [6.07, 6.45) is 0. The fraction of sp³-hybridized carbons (Fsp3) is 0. The molecule has 0 unspecified atom stereocenters. The van der Waals surface area contributed by atoms with Crippen LogP contribution < -0.4 is 16.4 Å². The Morgan fingerprint density at radius 3 is 2.33 bits per heavy atom. The van der Waals surface area contributed by atoms with Gasteiger partial charge in [0.1, 0.15) is 5.69 Å². The van der Waals surface area contributed by atoms with E-state index in [1.807, 2.05) is 30.3 Å². The number of benzene rings is 2. The largest absolute Gasteiger partial charge is 0.351 e. The lowest BCUT2D eigenvalue weighted by molar-refractivity contribution is 0.0988. The van der Waals surface area contributed by atoms with Crippen LogP contribution in [0.1, 0.15) is 10.6 Å². The third-order valence-corrected chi connectivity index (χ3v) is 3.19. The van der Waals surface area contributed by atoms with E-state index in [1.54, 1.807) is 30.3 Å². The number of nitrogens with one attached hydrogen (secondary N) is 2. The number of amides is 3. The van der Waals surface area contributed by atoms with Gasteiger partial charge in [0.15, 0.2) is 0 Å². The summed E-state index contributed by atoms with van der Waals surface area (Å²) in [6.45, 7) is 0. The molecule has 2 aromatic carbocycles. The minimum atomic E-state index is -0.679. The van der Waals surface area contributed by atoms with Gasteiger partial charge in [0.2, 0.25) is 5.76 Å². The highest BCUT2D eigenvalue weighted by Crippen LogP contribution is 2.20. The molecule has 0 aliphatic rings. The van der Waals surface area contributed by atoms with Gasteiger partial charge in [0.05, 0.1) is 0 Å². The second-order valence-corrected chi connectivity index (χ2v) is 4.97. The number of carbonyl (C=O) groups is 2. The lowest BCUT2D eigenvalue weighted by Crippen LogP contribution is -2.19. The highest BCUT2D eigenvalue weighted by Gasteiger charge is 2.14. The Balaban J connectivity index is 1.74. The Bertz CT molecular complexity index is 874. The van der Waals surface area contributed by atoms with Gasteiger partial charge in [-0.2, -0.15) is 0 Å². The van der Waals surface area contributed by atoms with Crippen molar-refractivity contribution >= 4 is 23.3 Å². The Morgan fingerprint density at radius 1 is 0.917 bits per heavy atom. The van der Waals surface area contributed by atoms with Crippen LogP contribution in [-0.4, -0.2) is 17.1 Å². The highest BCUT2D eigenvalue weighted by atomic mass is 16.5. The first-order valence-corrected chi connectivity index (χ1v) is 7.12. The molecular weight excluding hydrogens is 308 g/mol. The molecule has 0 saturated heterocycles. The Morgan fingerprint density at radius 2 is 1.62 bits per heavy atom. The number of hydrogen-bond donors (Lipinski definition) is 3. The summed E-state index contributed by atoms with van der Waals surface area (Å²) in [5, 5.41) is 9.00. The van der Waals surface area contributed by atoms with Gasteiger partial charge in [0, 0.05) is 23.0 Å². The summed E-state index contributed by atoms with van der Waals surface area (Å²) >= 11 is 0. The van der Waals surface area contributed by atoms with Crippen LogP contribution in [0, 0.1) is 0 Å². The van der Waals surface area contributed by atoms with E-state index < -0.39 is 11.9 Å². The second kappa shape index (κ2) is 6.66. The van der Waals surface area contributed by atoms with Crippen molar-refractivity contribution in [3.63, 3.8) is 0 Å². The number of rotatable bonds is 4. The molecule has 0 radical (unpaired) electrons. The van der Waals surface area contributed by atoms with Gasteiger partial charge in [-0.1, -0.05) is 41.6 Å². The Hall–Kier alpha value is -3.61. The first-order chi connectivity index (χ1) is 11.6. The van der Waals surface area contributed by atoms with Gasteiger partial charge < -0.3 is 20.9 Å². The van der Waals surface area contributed by atoms with E-state index in [0.29, 0.717) is 17.1 Å². The Kier molecular flexibility index (Phi) is 4.24. The molecule has 0 spiro atoms. The minimum absolute atomic E-state index is 0.0853. The van der Waals surface area contributed by atoms with Gasteiger partial charge in [-0.25, -0.2) is 4.79 Å². The summed E-state index contributed by atoms with van der Waals surface area (Å²) in [4.78, 5) is 23.1. The van der Waals surface area contributed by atoms with E-state index in [1.165, 1.54) is 0 Å². The average molecular weight is 322 g/mol. The van der Waals surface area contributed by atoms with Gasteiger partial charge in [0.25, 0.3) is 5.91 Å². The third-order valence-electron chi connectivity index (χ3n) is 3.19. The van der Waals surface area contributed by atoms with E-state index in [4.69, 9.17) is 10.3 Å². The van der Waals surface area contributed by atoms with Crippen molar-refractivity contribution in [2.45, 2.75) is 0 Å². The normalized spacial score (nSPS) is 10.2. The van der Waals surface area contributed by atoms with Gasteiger partial charge >= 0.3 is 6.03 Å². The molecule has 0 atom stereocenters. The average Bonchev–Trinajstić information content (AvgIpc) is 3.05. The van der Waals surface area contributed by atoms with Crippen molar-refractivity contribution in [3.05, 3.63) is 66.4 Å². The van der Waals surface area contributed by atoms with Crippen LogP contribution in [0.25, 0.3) is 11.3 Å². The van der Waals surface area contributed by atoms with Crippen LogP contribution >= 0.6 is 0 Å². The lowest BCUT2D eigenvalue weighted by Gasteiger charge is -2.06. The fourth-order valence-electron chi connectivity index (χ4n) is 2.14. The van der Waals surface area contributed by atoms with Crippen molar-refractivity contribution < 1.29 is 14.1 Å². The van der Waals surface area contributed by atoms with Crippen molar-refractivity contribution in [1.82, 2.24) is 5.16 Å². The Labute approximate surface area is 137 Å². The predicted molar refractivity (Wildman–Crippen MR) is 89.5 cm³/mol. The maximum atomic E-state index is 12.2. The van der Waals surface area contributed by atoms with Crippen LogP contribution in [-0.2, 0) is 0 Å². The van der Waals surface area contributed by atoms with Crippen molar-refractivity contribution in [1.29, 1.82) is 0 Å². The molecular formula is C17H14N4O3. The highest BCUT2D eigenvalue weighted by molar-refractivity contribution is 6.03. The lowest BCUT2D eigenvalue weighted by atomic mass is 10.1. The molecule has 3 amide bonds. The first-order valence-electron chi connectivity index (χ1n) is 7.12. The smallest absolute Gasteiger partial charge is 0.316 e. The number of aromatic nitrogens is 1. The van der Waals surface area contributed by atoms with Crippen LogP contribution in [0.2, 0.25) is 0 Å². The molecule has 0 bridgehead atoms. The standard InChI is InChI=1S/C17H14N4O3/c18-17(23)20-13-8-4-7-12(9-13)19-16(22)15-10-14(21-24-15)11-5-2-1-3-6-11/h1-10H,(H,19,22)(H3,18,20,23). The number of hydrogen-bond acceptors (Lipinski definition) is 4. The topological polar surface area (TPSA) is 110 Å². The fourth-order valence-corrected chi connectivity index (χ4v) is 2.14. The zero-order chi connectivity index (χ0) is 16.9. The van der Waals surface area contributed by atoms with Crippen LogP contribution in [0.15, 0.2) is 65.2 Å². The summed E-state index contributed by atoms with van der Waals surface area (Å²) < 4.78 is 5.10. The van der Waals surface area contributed by atoms with E-state index >= 15 is 0 Å². The van der Waals surface area contributed by atoms with Gasteiger partial charge in [-0.3, -0.25) is 4.79 Å². The molecule has 24 heavy (non-hydrogen) atoms. The van der Waals surface area contributed by atoms with Crippen molar-refractivity contribution in [2.24, 2.45) is 5.73 Å². The molecule has 0 aliphatic heterocycles. The van der Waals surface area contributed by atoms with Crippen LogP contribution in [0.5, 0.6) is 0 Å². The molecule has 0 saturated carbocycles. The van der Waals surface area contributed by atoms with E-state index in [2.05, 4.69) is 15.8 Å². The van der Waals surface area contributed by atoms with E-state index in [-0.39, 0.29) is 5.76 Å². The summed E-state index contributed by atoms with van der Waals surface area (Å²) in [5.74, 6) is -0.358. The molecule has 3 rings (SSSR count). The number of primary amides is 1. The molecule has 7 heteroatoms. The molecule has 120 valence electrons. The minimum Gasteiger partial charge on any atom is -0.351 e. The van der Waals surface area contributed by atoms with Gasteiger partial charge in [-0.15, -0.1) is 0 Å². The zero-order valence-corrected chi connectivity index (χ0v) is 12.5. The zero-order valence-electron chi connectivity index (χ0n) is 12.5. The van der Waals surface area contributed by atoms with E-state index in [9.17, 15) is 9.59 Å². The number of carbonyl (C=O) groups excluding carboxylic acids is 2. The maximum absolute atomic E-state index is 12.2. The predicted octanol–water partition coefficient (Wildman–Crippen LogP) is 3.08. The monoisotopic (exact) mass is 322 g/mol.